The molecule has 3 nitrogen and oxygen atoms in total. The van der Waals surface area contributed by atoms with Crippen molar-refractivity contribution in [1.29, 1.82) is 0 Å². The van der Waals surface area contributed by atoms with Crippen LogP contribution in [0, 0.1) is 6.92 Å². The third-order valence-corrected chi connectivity index (χ3v) is 3.22. The average Bonchev–Trinajstić information content (AvgIpc) is 2.61. The minimum Gasteiger partial charge on any atom is -0.346 e. The Labute approximate surface area is 91.7 Å². The van der Waals surface area contributed by atoms with Crippen molar-refractivity contribution in [3.05, 3.63) is 17.2 Å². The summed E-state index contributed by atoms with van der Waals surface area (Å²) in [5.74, 6) is 1.12. The van der Waals surface area contributed by atoms with Crippen LogP contribution < -0.4 is 5.32 Å². The first-order valence-corrected chi connectivity index (χ1v) is 6.07. The summed E-state index contributed by atoms with van der Waals surface area (Å²) in [7, 11) is 0. The van der Waals surface area contributed by atoms with E-state index in [-0.39, 0.29) is 0 Å². The van der Waals surface area contributed by atoms with Gasteiger partial charge in [0.05, 0.1) is 5.69 Å². The van der Waals surface area contributed by atoms with Gasteiger partial charge in [0.2, 0.25) is 0 Å². The summed E-state index contributed by atoms with van der Waals surface area (Å²) < 4.78 is 0. The highest BCUT2D eigenvalue weighted by molar-refractivity contribution is 5.14. The second-order valence-corrected chi connectivity index (χ2v) is 4.46. The lowest BCUT2D eigenvalue weighted by atomic mass is 10.00. The molecule has 1 atom stereocenters. The zero-order valence-corrected chi connectivity index (χ0v) is 9.77. The van der Waals surface area contributed by atoms with Crippen molar-refractivity contribution in [2.45, 2.75) is 52.0 Å². The van der Waals surface area contributed by atoms with Crippen molar-refractivity contribution in [3.8, 4) is 0 Å². The molecule has 1 saturated heterocycles. The first-order valence-electron chi connectivity index (χ1n) is 6.07. The Morgan fingerprint density at radius 1 is 1.40 bits per heavy atom. The normalized spacial score (nSPS) is 21.9. The van der Waals surface area contributed by atoms with Crippen LogP contribution >= 0.6 is 0 Å². The summed E-state index contributed by atoms with van der Waals surface area (Å²) in [6, 6.07) is 0.644. The van der Waals surface area contributed by atoms with Crippen LogP contribution in [-0.4, -0.2) is 22.6 Å². The molecule has 2 N–H and O–H groups in total. The summed E-state index contributed by atoms with van der Waals surface area (Å²) in [6.07, 6.45) is 6.08. The lowest BCUT2D eigenvalue weighted by Gasteiger charge is -2.22. The van der Waals surface area contributed by atoms with Crippen molar-refractivity contribution >= 4 is 0 Å². The molecule has 0 saturated carbocycles. The number of imidazole rings is 1. The summed E-state index contributed by atoms with van der Waals surface area (Å²) in [6.45, 7) is 5.44. The molecule has 0 spiro atoms. The van der Waals surface area contributed by atoms with Crippen molar-refractivity contribution in [3.63, 3.8) is 0 Å². The molecule has 0 aromatic carbocycles. The molecule has 0 radical (unpaired) electrons. The number of aromatic nitrogens is 2. The van der Waals surface area contributed by atoms with Crippen LogP contribution in [-0.2, 0) is 12.8 Å². The summed E-state index contributed by atoms with van der Waals surface area (Å²) >= 11 is 0. The first kappa shape index (κ1) is 10.7. The average molecular weight is 207 g/mol. The number of H-pyrrole nitrogens is 1. The molecule has 3 heteroatoms. The number of nitrogens with one attached hydrogen (secondary N) is 2. The molecule has 15 heavy (non-hydrogen) atoms. The molecule has 1 aliphatic heterocycles. The minimum atomic E-state index is 0.644. The fraction of sp³-hybridized carbons (Fsp3) is 0.750. The van der Waals surface area contributed by atoms with E-state index in [9.17, 15) is 0 Å². The molecule has 84 valence electrons. The molecule has 2 rings (SSSR count). The van der Waals surface area contributed by atoms with E-state index in [1.165, 1.54) is 37.2 Å². The van der Waals surface area contributed by atoms with Gasteiger partial charge in [0.1, 0.15) is 5.82 Å². The molecule has 1 aromatic heterocycles. The lowest BCUT2D eigenvalue weighted by Crippen LogP contribution is -2.35. The minimum absolute atomic E-state index is 0.644. The number of aromatic amines is 1. The van der Waals surface area contributed by atoms with Crippen LogP contribution in [0.15, 0.2) is 0 Å². The molecule has 1 fully saturated rings. The lowest BCUT2D eigenvalue weighted by molar-refractivity contribution is 0.397. The van der Waals surface area contributed by atoms with E-state index in [0.717, 1.165) is 18.7 Å². The van der Waals surface area contributed by atoms with Gasteiger partial charge in [-0.1, -0.05) is 13.3 Å². The Balaban J connectivity index is 1.99. The standard InChI is InChI=1S/C12H21N3/c1-3-12-14-9(2)11(15-12)8-10-6-4-5-7-13-10/h10,13H,3-8H2,1-2H3,(H,14,15). The van der Waals surface area contributed by atoms with Crippen LogP contribution in [0.2, 0.25) is 0 Å². The molecule has 0 aliphatic carbocycles. The van der Waals surface area contributed by atoms with Crippen LogP contribution in [0.1, 0.15) is 43.4 Å². The van der Waals surface area contributed by atoms with E-state index < -0.39 is 0 Å². The number of rotatable bonds is 3. The van der Waals surface area contributed by atoms with Crippen LogP contribution in [0.25, 0.3) is 0 Å². The van der Waals surface area contributed by atoms with Crippen molar-refractivity contribution in [1.82, 2.24) is 15.3 Å². The van der Waals surface area contributed by atoms with E-state index in [1.54, 1.807) is 0 Å². The topological polar surface area (TPSA) is 40.7 Å². The highest BCUT2D eigenvalue weighted by Crippen LogP contribution is 2.14. The quantitative estimate of drug-likeness (QED) is 0.795. The van der Waals surface area contributed by atoms with Gasteiger partial charge in [-0.05, 0) is 26.3 Å². The van der Waals surface area contributed by atoms with E-state index in [4.69, 9.17) is 0 Å². The van der Waals surface area contributed by atoms with Gasteiger partial charge in [0.25, 0.3) is 0 Å². The smallest absolute Gasteiger partial charge is 0.106 e. The van der Waals surface area contributed by atoms with Gasteiger partial charge in [-0.15, -0.1) is 0 Å². The first-order chi connectivity index (χ1) is 7.29. The summed E-state index contributed by atoms with van der Waals surface area (Å²) in [5.41, 5.74) is 2.51. The number of nitrogens with zero attached hydrogens (tertiary/aromatic N) is 1. The zero-order valence-electron chi connectivity index (χ0n) is 9.77. The van der Waals surface area contributed by atoms with Crippen molar-refractivity contribution in [2.24, 2.45) is 0 Å². The van der Waals surface area contributed by atoms with E-state index in [1.807, 2.05) is 0 Å². The fourth-order valence-electron chi connectivity index (χ4n) is 2.26. The SMILES string of the molecule is CCc1nc(CC2CCCCN2)c(C)[nH]1. The monoisotopic (exact) mass is 207 g/mol. The Kier molecular flexibility index (Phi) is 3.41. The van der Waals surface area contributed by atoms with Gasteiger partial charge in [0, 0.05) is 24.6 Å². The number of aryl methyl sites for hydroxylation is 2. The Bertz CT molecular complexity index is 311. The molecular formula is C12H21N3. The van der Waals surface area contributed by atoms with Gasteiger partial charge < -0.3 is 10.3 Å². The summed E-state index contributed by atoms with van der Waals surface area (Å²) in [4.78, 5) is 7.97. The molecular weight excluding hydrogens is 186 g/mol. The second-order valence-electron chi connectivity index (χ2n) is 4.46. The van der Waals surface area contributed by atoms with Gasteiger partial charge in [-0.3, -0.25) is 0 Å². The predicted octanol–water partition coefficient (Wildman–Crippen LogP) is 1.97. The third-order valence-electron chi connectivity index (χ3n) is 3.22. The molecule has 0 amide bonds. The van der Waals surface area contributed by atoms with Gasteiger partial charge in [-0.25, -0.2) is 4.98 Å². The fourth-order valence-corrected chi connectivity index (χ4v) is 2.26. The van der Waals surface area contributed by atoms with Gasteiger partial charge in [-0.2, -0.15) is 0 Å². The Hall–Kier alpha value is -0.830. The predicted molar refractivity (Wildman–Crippen MR) is 62.0 cm³/mol. The van der Waals surface area contributed by atoms with Crippen LogP contribution in [0.5, 0.6) is 0 Å². The largest absolute Gasteiger partial charge is 0.346 e. The van der Waals surface area contributed by atoms with E-state index in [0.29, 0.717) is 6.04 Å². The molecule has 1 unspecified atom stereocenters. The maximum atomic E-state index is 4.63. The highest BCUT2D eigenvalue weighted by atomic mass is 15.0. The molecule has 1 aromatic rings. The molecule has 0 bridgehead atoms. The van der Waals surface area contributed by atoms with Crippen molar-refractivity contribution < 1.29 is 0 Å². The second kappa shape index (κ2) is 4.79. The Morgan fingerprint density at radius 3 is 2.87 bits per heavy atom. The Morgan fingerprint density at radius 2 is 2.27 bits per heavy atom. The number of hydrogen-bond donors (Lipinski definition) is 2. The maximum absolute atomic E-state index is 4.63. The zero-order chi connectivity index (χ0) is 10.7. The third kappa shape index (κ3) is 2.59. The molecule has 1 aliphatic rings. The molecule has 2 heterocycles. The maximum Gasteiger partial charge on any atom is 0.106 e. The van der Waals surface area contributed by atoms with E-state index >= 15 is 0 Å². The number of piperidine rings is 1. The van der Waals surface area contributed by atoms with E-state index in [2.05, 4.69) is 29.1 Å². The number of hydrogen-bond acceptors (Lipinski definition) is 2. The van der Waals surface area contributed by atoms with Crippen LogP contribution in [0.3, 0.4) is 0 Å². The highest BCUT2D eigenvalue weighted by Gasteiger charge is 2.15. The van der Waals surface area contributed by atoms with Crippen LogP contribution in [0.4, 0.5) is 0 Å². The van der Waals surface area contributed by atoms with Gasteiger partial charge in [0.15, 0.2) is 0 Å². The summed E-state index contributed by atoms with van der Waals surface area (Å²) in [5, 5.41) is 3.57. The van der Waals surface area contributed by atoms with Gasteiger partial charge >= 0.3 is 0 Å². The van der Waals surface area contributed by atoms with Crippen molar-refractivity contribution in [2.75, 3.05) is 6.54 Å².